The molecular weight excluding hydrogens is 500 g/mol. The molecule has 206 valence electrons. The molecule has 0 radical (unpaired) electrons. The highest BCUT2D eigenvalue weighted by Gasteiger charge is 2.52. The van der Waals surface area contributed by atoms with E-state index >= 15 is 0 Å². The third-order valence-corrected chi connectivity index (χ3v) is 9.70. The van der Waals surface area contributed by atoms with Gasteiger partial charge in [0.05, 0.1) is 22.9 Å². The summed E-state index contributed by atoms with van der Waals surface area (Å²) in [6, 6.07) is 12.8. The van der Waals surface area contributed by atoms with Crippen LogP contribution in [0.15, 0.2) is 36.7 Å². The fourth-order valence-electron chi connectivity index (χ4n) is 6.93. The second-order valence-electron chi connectivity index (χ2n) is 12.6. The Morgan fingerprint density at radius 1 is 1.27 bits per heavy atom. The summed E-state index contributed by atoms with van der Waals surface area (Å²) in [5.74, 6) is 1.80. The van der Waals surface area contributed by atoms with E-state index in [1.807, 2.05) is 35.9 Å². The quantitative estimate of drug-likeness (QED) is 0.370. The minimum Gasteiger partial charge on any atom is -0.382 e. The van der Waals surface area contributed by atoms with Crippen LogP contribution in [0.5, 0.6) is 0 Å². The van der Waals surface area contributed by atoms with Gasteiger partial charge >= 0.3 is 0 Å². The van der Waals surface area contributed by atoms with Crippen molar-refractivity contribution >= 4 is 17.3 Å². The monoisotopic (exact) mass is 536 g/mol. The number of hydrogen-bond donors (Lipinski definition) is 3. The van der Waals surface area contributed by atoms with Crippen LogP contribution in [0.2, 0.25) is 0 Å². The number of aryl methyl sites for hydroxylation is 1. The lowest BCUT2D eigenvalue weighted by Crippen LogP contribution is -2.44. The number of nitriles is 1. The molecule has 3 heterocycles. The van der Waals surface area contributed by atoms with Crippen LogP contribution in [0.25, 0.3) is 0 Å². The molecule has 0 saturated heterocycles. The van der Waals surface area contributed by atoms with Gasteiger partial charge < -0.3 is 20.5 Å². The molecule has 9 heteroatoms. The van der Waals surface area contributed by atoms with Crippen molar-refractivity contribution < 1.29 is 4.79 Å². The van der Waals surface area contributed by atoms with Crippen LogP contribution in [0.4, 0.5) is 11.4 Å². The molecule has 1 atom stereocenters. The van der Waals surface area contributed by atoms with Crippen molar-refractivity contribution in [2.45, 2.75) is 75.3 Å². The van der Waals surface area contributed by atoms with Gasteiger partial charge in [-0.25, -0.2) is 4.98 Å². The Kier molecular flexibility index (Phi) is 5.93. The van der Waals surface area contributed by atoms with E-state index in [0.717, 1.165) is 78.7 Å². The first-order valence-electron chi connectivity index (χ1n) is 14.6. The number of amides is 1. The summed E-state index contributed by atoms with van der Waals surface area (Å²) in [5, 5.41) is 28.2. The fourth-order valence-corrected chi connectivity index (χ4v) is 6.93. The number of benzene rings is 1. The van der Waals surface area contributed by atoms with Crippen LogP contribution >= 0.6 is 0 Å². The SMILES string of the molecule is C[C@H](NCc1cc(C(=O)Nc2cccc(C3(c4nncn4C)CC(CC#N)C3)c2)nc2c1NCC21CC1)C1CC1. The summed E-state index contributed by atoms with van der Waals surface area (Å²) in [7, 11) is 1.96. The summed E-state index contributed by atoms with van der Waals surface area (Å²) in [5.41, 5.74) is 5.36. The standard InChI is InChI=1S/C31H36N8O/c1-19(21-6-7-21)33-16-22-12-25(37-27-26(22)34-17-30(27)9-10-30)28(40)36-24-5-3-4-23(13-24)31(14-20(15-31)8-11-32)29-38-35-18-39(29)2/h3-5,12-13,18-21,33-34H,6-10,14-17H2,1-2H3,(H,36,40)/t19-,20?,31?/m0/s1. The van der Waals surface area contributed by atoms with Crippen molar-refractivity contribution in [3.63, 3.8) is 0 Å². The Morgan fingerprint density at radius 3 is 2.80 bits per heavy atom. The van der Waals surface area contributed by atoms with Gasteiger partial charge in [-0.05, 0) is 86.6 Å². The first kappa shape index (κ1) is 25.2. The summed E-state index contributed by atoms with van der Waals surface area (Å²) >= 11 is 0. The lowest BCUT2D eigenvalue weighted by Gasteiger charge is -2.46. The minimum atomic E-state index is -0.319. The molecule has 0 bridgehead atoms. The number of carbonyl (C=O) groups is 1. The molecule has 3 aliphatic carbocycles. The number of carbonyl (C=O) groups excluding carboxylic acids is 1. The molecule has 3 fully saturated rings. The number of rotatable bonds is 9. The number of nitrogens with zero attached hydrogens (tertiary/aromatic N) is 5. The first-order valence-corrected chi connectivity index (χ1v) is 14.6. The van der Waals surface area contributed by atoms with Gasteiger partial charge in [-0.2, -0.15) is 5.26 Å². The molecule has 2 aromatic heterocycles. The number of anilines is 2. The maximum Gasteiger partial charge on any atom is 0.274 e. The molecular formula is C31H36N8O. The van der Waals surface area contributed by atoms with Crippen LogP contribution in [0, 0.1) is 23.2 Å². The van der Waals surface area contributed by atoms with Crippen LogP contribution in [0.3, 0.4) is 0 Å². The zero-order chi connectivity index (χ0) is 27.5. The Bertz CT molecular complexity index is 1510. The van der Waals surface area contributed by atoms with E-state index in [1.165, 1.54) is 12.8 Å². The Morgan fingerprint density at radius 2 is 2.10 bits per heavy atom. The summed E-state index contributed by atoms with van der Waals surface area (Å²) in [6.07, 6.45) is 8.77. The van der Waals surface area contributed by atoms with E-state index in [1.54, 1.807) is 6.33 Å². The van der Waals surface area contributed by atoms with E-state index in [-0.39, 0.29) is 16.7 Å². The van der Waals surface area contributed by atoms with Crippen LogP contribution in [-0.4, -0.2) is 38.2 Å². The molecule has 3 aromatic rings. The van der Waals surface area contributed by atoms with Gasteiger partial charge in [0.2, 0.25) is 0 Å². The lowest BCUT2D eigenvalue weighted by atomic mass is 9.57. The maximum atomic E-state index is 13.6. The molecule has 40 heavy (non-hydrogen) atoms. The Hall–Kier alpha value is -3.77. The van der Waals surface area contributed by atoms with Crippen LogP contribution in [0.1, 0.15) is 85.0 Å². The average molecular weight is 537 g/mol. The van der Waals surface area contributed by atoms with Crippen molar-refractivity contribution in [1.82, 2.24) is 25.1 Å². The largest absolute Gasteiger partial charge is 0.382 e. The highest BCUT2D eigenvalue weighted by atomic mass is 16.1. The van der Waals surface area contributed by atoms with Gasteiger partial charge in [0.1, 0.15) is 17.8 Å². The highest BCUT2D eigenvalue weighted by molar-refractivity contribution is 6.03. The predicted molar refractivity (Wildman–Crippen MR) is 152 cm³/mol. The van der Waals surface area contributed by atoms with Gasteiger partial charge in [0, 0.05) is 43.7 Å². The number of fused-ring (bicyclic) bond motifs is 2. The van der Waals surface area contributed by atoms with E-state index in [4.69, 9.17) is 4.98 Å². The van der Waals surface area contributed by atoms with Crippen LogP contribution in [-0.2, 0) is 24.4 Å². The zero-order valence-electron chi connectivity index (χ0n) is 23.2. The van der Waals surface area contributed by atoms with E-state index in [9.17, 15) is 10.1 Å². The predicted octanol–water partition coefficient (Wildman–Crippen LogP) is 4.42. The van der Waals surface area contributed by atoms with Crippen molar-refractivity contribution in [2.24, 2.45) is 18.9 Å². The fraction of sp³-hybridized carbons (Fsp3) is 0.516. The van der Waals surface area contributed by atoms with Crippen molar-refractivity contribution in [3.05, 3.63) is 65.0 Å². The third-order valence-electron chi connectivity index (χ3n) is 9.70. The molecule has 1 spiro atoms. The minimum absolute atomic E-state index is 0.0923. The van der Waals surface area contributed by atoms with Crippen molar-refractivity contribution in [3.8, 4) is 6.07 Å². The highest BCUT2D eigenvalue weighted by Crippen LogP contribution is 2.55. The number of pyridine rings is 1. The average Bonchev–Trinajstić information content (AvgIpc) is 3.84. The maximum absolute atomic E-state index is 13.6. The molecule has 3 N–H and O–H groups in total. The van der Waals surface area contributed by atoms with Gasteiger partial charge in [-0.1, -0.05) is 12.1 Å². The lowest BCUT2D eigenvalue weighted by molar-refractivity contribution is 0.102. The molecule has 1 aromatic carbocycles. The molecule has 9 nitrogen and oxygen atoms in total. The zero-order valence-corrected chi connectivity index (χ0v) is 23.2. The topological polar surface area (TPSA) is 121 Å². The molecule has 7 rings (SSSR count). The van der Waals surface area contributed by atoms with E-state index in [0.29, 0.717) is 24.1 Å². The summed E-state index contributed by atoms with van der Waals surface area (Å²) < 4.78 is 1.96. The van der Waals surface area contributed by atoms with Gasteiger partial charge in [0.15, 0.2) is 0 Å². The van der Waals surface area contributed by atoms with Gasteiger partial charge in [0.25, 0.3) is 5.91 Å². The van der Waals surface area contributed by atoms with Crippen LogP contribution < -0.4 is 16.0 Å². The molecule has 0 unspecified atom stereocenters. The Labute approximate surface area is 234 Å². The molecule has 1 amide bonds. The number of aromatic nitrogens is 4. The molecule has 4 aliphatic rings. The second kappa shape index (κ2) is 9.41. The van der Waals surface area contributed by atoms with E-state index in [2.05, 4.69) is 45.2 Å². The Balaban J connectivity index is 1.15. The molecule has 3 saturated carbocycles. The number of nitrogens with one attached hydrogen (secondary N) is 3. The second-order valence-corrected chi connectivity index (χ2v) is 12.6. The van der Waals surface area contributed by atoms with Gasteiger partial charge in [-0.15, -0.1) is 10.2 Å². The third kappa shape index (κ3) is 4.26. The molecule has 1 aliphatic heterocycles. The summed E-state index contributed by atoms with van der Waals surface area (Å²) in [4.78, 5) is 18.6. The van der Waals surface area contributed by atoms with Crippen molar-refractivity contribution in [2.75, 3.05) is 17.2 Å². The van der Waals surface area contributed by atoms with Crippen molar-refractivity contribution in [1.29, 1.82) is 5.26 Å². The number of hydrogen-bond acceptors (Lipinski definition) is 7. The van der Waals surface area contributed by atoms with E-state index < -0.39 is 0 Å². The smallest absolute Gasteiger partial charge is 0.274 e. The first-order chi connectivity index (χ1) is 19.4. The van der Waals surface area contributed by atoms with Gasteiger partial charge in [-0.3, -0.25) is 4.79 Å². The normalized spacial score (nSPS) is 24.5. The summed E-state index contributed by atoms with van der Waals surface area (Å²) in [6.45, 7) is 3.89.